The standard InChI is InChI=1S/C32H34O7/c1-24(2)32(33)39-21-19-35-17-16-34-18-20-37-30-26-12-6-8-14-28(26)31(29-15-9-7-13-27(29)30)38-23-22-36-25-10-4-3-5-11-25/h3-15H,1,16-23H2,2H3. The van der Waals surface area contributed by atoms with Crippen LogP contribution in [0.5, 0.6) is 17.2 Å². The summed E-state index contributed by atoms with van der Waals surface area (Å²) in [6.07, 6.45) is 0. The van der Waals surface area contributed by atoms with Crippen molar-refractivity contribution in [2.24, 2.45) is 0 Å². The van der Waals surface area contributed by atoms with Gasteiger partial charge < -0.3 is 28.4 Å². The summed E-state index contributed by atoms with van der Waals surface area (Å²) in [7, 11) is 0. The molecule has 0 saturated heterocycles. The second-order valence-electron chi connectivity index (χ2n) is 8.75. The summed E-state index contributed by atoms with van der Waals surface area (Å²) < 4.78 is 34.4. The van der Waals surface area contributed by atoms with Crippen LogP contribution in [0.2, 0.25) is 0 Å². The number of carbonyl (C=O) groups excluding carboxylic acids is 1. The molecule has 0 aliphatic rings. The molecule has 204 valence electrons. The topological polar surface area (TPSA) is 72.5 Å². The van der Waals surface area contributed by atoms with Crippen molar-refractivity contribution in [3.8, 4) is 17.2 Å². The van der Waals surface area contributed by atoms with E-state index in [-0.39, 0.29) is 6.61 Å². The molecule has 0 atom stereocenters. The zero-order valence-electron chi connectivity index (χ0n) is 22.2. The molecule has 0 aromatic heterocycles. The van der Waals surface area contributed by atoms with Crippen LogP contribution in [0, 0.1) is 0 Å². The number of benzene rings is 4. The van der Waals surface area contributed by atoms with Crippen LogP contribution in [0.15, 0.2) is 91.0 Å². The first-order valence-corrected chi connectivity index (χ1v) is 13.0. The van der Waals surface area contributed by atoms with Gasteiger partial charge in [-0.05, 0) is 19.1 Å². The monoisotopic (exact) mass is 530 g/mol. The van der Waals surface area contributed by atoms with Gasteiger partial charge in [0.15, 0.2) is 0 Å². The Kier molecular flexibility index (Phi) is 10.6. The van der Waals surface area contributed by atoms with E-state index in [0.29, 0.717) is 51.8 Å². The zero-order chi connectivity index (χ0) is 27.3. The molecule has 39 heavy (non-hydrogen) atoms. The van der Waals surface area contributed by atoms with Crippen molar-refractivity contribution in [1.29, 1.82) is 0 Å². The van der Waals surface area contributed by atoms with E-state index in [4.69, 9.17) is 28.4 Å². The van der Waals surface area contributed by atoms with Gasteiger partial charge in [-0.2, -0.15) is 0 Å². The Morgan fingerprint density at radius 3 is 1.49 bits per heavy atom. The predicted molar refractivity (Wildman–Crippen MR) is 152 cm³/mol. The Hall–Kier alpha value is -4.07. The van der Waals surface area contributed by atoms with E-state index < -0.39 is 5.97 Å². The van der Waals surface area contributed by atoms with Gasteiger partial charge in [0.05, 0.1) is 26.4 Å². The summed E-state index contributed by atoms with van der Waals surface area (Å²) in [5.41, 5.74) is 0.370. The van der Waals surface area contributed by atoms with Gasteiger partial charge in [-0.25, -0.2) is 4.79 Å². The molecule has 4 aromatic rings. The number of rotatable bonds is 16. The predicted octanol–water partition coefficient (Wildman–Crippen LogP) is 5.98. The third kappa shape index (κ3) is 7.96. The number of ether oxygens (including phenoxy) is 6. The average Bonchev–Trinajstić information content (AvgIpc) is 2.97. The van der Waals surface area contributed by atoms with Gasteiger partial charge in [0.25, 0.3) is 0 Å². The summed E-state index contributed by atoms with van der Waals surface area (Å²) in [6, 6.07) is 25.9. The highest BCUT2D eigenvalue weighted by Gasteiger charge is 2.16. The number of esters is 1. The molecule has 0 amide bonds. The summed E-state index contributed by atoms with van der Waals surface area (Å²) in [6.45, 7) is 8.10. The third-order valence-corrected chi connectivity index (χ3v) is 5.83. The number of para-hydroxylation sites is 1. The van der Waals surface area contributed by atoms with Gasteiger partial charge >= 0.3 is 5.97 Å². The van der Waals surface area contributed by atoms with Crippen molar-refractivity contribution < 1.29 is 33.2 Å². The average molecular weight is 531 g/mol. The summed E-state index contributed by atoms with van der Waals surface area (Å²) in [5, 5.41) is 3.91. The molecule has 0 aliphatic carbocycles. The fourth-order valence-corrected chi connectivity index (χ4v) is 4.02. The quantitative estimate of drug-likeness (QED) is 0.0763. The molecule has 7 heteroatoms. The van der Waals surface area contributed by atoms with Crippen LogP contribution in [0.1, 0.15) is 6.92 Å². The maximum Gasteiger partial charge on any atom is 0.333 e. The lowest BCUT2D eigenvalue weighted by molar-refractivity contribution is -0.140. The minimum absolute atomic E-state index is 0.189. The van der Waals surface area contributed by atoms with Crippen molar-refractivity contribution in [3.63, 3.8) is 0 Å². The number of fused-ring (bicyclic) bond motifs is 2. The lowest BCUT2D eigenvalue weighted by atomic mass is 10.0. The molecule has 0 saturated carbocycles. The Labute approximate surface area is 228 Å². The van der Waals surface area contributed by atoms with Gasteiger partial charge in [-0.15, -0.1) is 0 Å². The van der Waals surface area contributed by atoms with E-state index >= 15 is 0 Å². The Bertz CT molecular complexity index is 1310. The zero-order valence-corrected chi connectivity index (χ0v) is 22.2. The molecule has 0 unspecified atom stereocenters. The summed E-state index contributed by atoms with van der Waals surface area (Å²) in [4.78, 5) is 11.3. The lowest BCUT2D eigenvalue weighted by Crippen LogP contribution is -2.14. The second-order valence-corrected chi connectivity index (χ2v) is 8.75. The van der Waals surface area contributed by atoms with Crippen molar-refractivity contribution in [3.05, 3.63) is 91.0 Å². The van der Waals surface area contributed by atoms with Gasteiger partial charge in [0.1, 0.15) is 43.7 Å². The van der Waals surface area contributed by atoms with Crippen LogP contribution in [-0.4, -0.2) is 58.8 Å². The lowest BCUT2D eigenvalue weighted by Gasteiger charge is -2.18. The van der Waals surface area contributed by atoms with Crippen molar-refractivity contribution in [2.45, 2.75) is 6.92 Å². The van der Waals surface area contributed by atoms with E-state index in [1.807, 2.05) is 78.9 Å². The van der Waals surface area contributed by atoms with Crippen LogP contribution >= 0.6 is 0 Å². The first-order valence-electron chi connectivity index (χ1n) is 13.0. The van der Waals surface area contributed by atoms with Crippen LogP contribution in [0.25, 0.3) is 21.5 Å². The molecule has 7 nitrogen and oxygen atoms in total. The number of carbonyl (C=O) groups is 1. The molecular weight excluding hydrogens is 496 g/mol. The first-order chi connectivity index (χ1) is 19.1. The van der Waals surface area contributed by atoms with Gasteiger partial charge in [-0.3, -0.25) is 0 Å². The second kappa shape index (κ2) is 14.8. The Morgan fingerprint density at radius 2 is 0.974 bits per heavy atom. The maximum atomic E-state index is 11.3. The molecule has 4 aromatic carbocycles. The molecule has 0 N–H and O–H groups in total. The Balaban J connectivity index is 1.31. The van der Waals surface area contributed by atoms with Crippen molar-refractivity contribution in [1.82, 2.24) is 0 Å². The van der Waals surface area contributed by atoms with Crippen molar-refractivity contribution >= 4 is 27.5 Å². The molecule has 4 rings (SSSR count). The normalized spacial score (nSPS) is 10.9. The van der Waals surface area contributed by atoms with E-state index in [2.05, 4.69) is 6.58 Å². The van der Waals surface area contributed by atoms with E-state index in [9.17, 15) is 4.79 Å². The number of hydrogen-bond acceptors (Lipinski definition) is 7. The highest BCUT2D eigenvalue weighted by Crippen LogP contribution is 2.42. The van der Waals surface area contributed by atoms with Gasteiger partial charge in [0.2, 0.25) is 0 Å². The maximum absolute atomic E-state index is 11.3. The molecule has 0 heterocycles. The summed E-state index contributed by atoms with van der Waals surface area (Å²) in [5.74, 6) is 2.02. The molecule has 0 bridgehead atoms. The molecule has 0 aliphatic heterocycles. The van der Waals surface area contributed by atoms with Crippen LogP contribution in [0.4, 0.5) is 0 Å². The molecule has 0 fully saturated rings. The minimum atomic E-state index is -0.413. The fourth-order valence-electron chi connectivity index (χ4n) is 4.02. The van der Waals surface area contributed by atoms with Gasteiger partial charge in [0, 0.05) is 27.1 Å². The first kappa shape index (κ1) is 28.0. The highest BCUT2D eigenvalue weighted by atomic mass is 16.6. The van der Waals surface area contributed by atoms with Crippen LogP contribution in [-0.2, 0) is 19.0 Å². The molecule has 0 spiro atoms. The third-order valence-electron chi connectivity index (χ3n) is 5.83. The highest BCUT2D eigenvalue weighted by molar-refractivity contribution is 6.11. The number of hydrogen-bond donors (Lipinski definition) is 0. The molecular formula is C32H34O7. The van der Waals surface area contributed by atoms with E-state index in [1.54, 1.807) is 6.92 Å². The largest absolute Gasteiger partial charge is 0.490 e. The Morgan fingerprint density at radius 1 is 0.564 bits per heavy atom. The van der Waals surface area contributed by atoms with Crippen LogP contribution < -0.4 is 14.2 Å². The minimum Gasteiger partial charge on any atom is -0.490 e. The van der Waals surface area contributed by atoms with E-state index in [0.717, 1.165) is 38.8 Å². The molecule has 0 radical (unpaired) electrons. The van der Waals surface area contributed by atoms with E-state index in [1.165, 1.54) is 0 Å². The fraction of sp³-hybridized carbons (Fsp3) is 0.281. The SMILES string of the molecule is C=C(C)C(=O)OCCOCCOCCOc1c2ccccc2c(OCCOc2ccccc2)c2ccccc12. The van der Waals surface area contributed by atoms with Crippen molar-refractivity contribution in [2.75, 3.05) is 52.9 Å². The smallest absolute Gasteiger partial charge is 0.333 e. The summed E-state index contributed by atoms with van der Waals surface area (Å²) >= 11 is 0. The van der Waals surface area contributed by atoms with Crippen LogP contribution in [0.3, 0.4) is 0 Å². The van der Waals surface area contributed by atoms with Gasteiger partial charge in [-0.1, -0.05) is 73.3 Å².